The van der Waals surface area contributed by atoms with Crippen LogP contribution in [0, 0.1) is 11.3 Å². The van der Waals surface area contributed by atoms with Gasteiger partial charge in [0, 0.05) is 0 Å². The zero-order valence-electron chi connectivity index (χ0n) is 10.9. The molecule has 1 unspecified atom stereocenters. The molecule has 0 radical (unpaired) electrons. The van der Waals surface area contributed by atoms with Crippen LogP contribution in [-0.2, 0) is 9.53 Å². The molecule has 92 valence electrons. The summed E-state index contributed by atoms with van der Waals surface area (Å²) in [6.07, 6.45) is 2.77. The molecule has 0 saturated carbocycles. The van der Waals surface area contributed by atoms with Gasteiger partial charge in [0.05, 0.1) is 12.0 Å². The number of esters is 1. The molecule has 0 aliphatic rings. The Morgan fingerprint density at radius 2 is 1.67 bits per heavy atom. The summed E-state index contributed by atoms with van der Waals surface area (Å²) in [6, 6.07) is 0. The molecule has 0 fully saturated rings. The van der Waals surface area contributed by atoms with Gasteiger partial charge >= 0.3 is 5.97 Å². The Bertz CT molecular complexity index is 176. The van der Waals surface area contributed by atoms with Gasteiger partial charge in [0.25, 0.3) is 0 Å². The fourth-order valence-corrected chi connectivity index (χ4v) is 2.10. The summed E-state index contributed by atoms with van der Waals surface area (Å²) in [5.41, 5.74) is -0.259. The maximum absolute atomic E-state index is 11.9. The van der Waals surface area contributed by atoms with E-state index in [1.54, 1.807) is 0 Å². The molecule has 0 spiro atoms. The van der Waals surface area contributed by atoms with Gasteiger partial charge in [0.1, 0.15) is 0 Å². The van der Waals surface area contributed by atoms with Crippen LogP contribution in [0.5, 0.6) is 0 Å². The van der Waals surface area contributed by atoms with Crippen LogP contribution >= 0.6 is 0 Å². The molecule has 0 bridgehead atoms. The Morgan fingerprint density at radius 1 is 1.20 bits per heavy atom. The summed E-state index contributed by atoms with van der Waals surface area (Å²) >= 11 is 0. The Morgan fingerprint density at radius 3 is 1.93 bits per heavy atom. The van der Waals surface area contributed by atoms with Gasteiger partial charge in [-0.05, 0) is 25.7 Å². The van der Waals surface area contributed by atoms with Gasteiger partial charge in [-0.2, -0.15) is 0 Å². The summed E-state index contributed by atoms with van der Waals surface area (Å²) in [7, 11) is 0. The van der Waals surface area contributed by atoms with Crippen LogP contribution < -0.4 is 6.15 Å². The predicted molar refractivity (Wildman–Crippen MR) is 64.1 cm³/mol. The van der Waals surface area contributed by atoms with Crippen LogP contribution in [0.2, 0.25) is 0 Å². The van der Waals surface area contributed by atoms with Crippen molar-refractivity contribution in [3.8, 4) is 0 Å². The van der Waals surface area contributed by atoms with E-state index in [1.807, 2.05) is 6.92 Å². The third-order valence-corrected chi connectivity index (χ3v) is 3.50. The SMILES string of the molecule is CCOC(=O)C(CC)(CC)C(C)CC.N. The molecule has 3 N–H and O–H groups in total. The molecule has 3 nitrogen and oxygen atoms in total. The van der Waals surface area contributed by atoms with E-state index in [9.17, 15) is 4.79 Å². The number of hydrogen-bond donors (Lipinski definition) is 1. The highest BCUT2D eigenvalue weighted by Gasteiger charge is 2.40. The van der Waals surface area contributed by atoms with Crippen LogP contribution in [0.4, 0.5) is 0 Å². The van der Waals surface area contributed by atoms with Crippen molar-refractivity contribution in [2.45, 2.75) is 53.9 Å². The minimum atomic E-state index is -0.259. The van der Waals surface area contributed by atoms with Crippen LogP contribution in [0.25, 0.3) is 0 Å². The highest BCUT2D eigenvalue weighted by molar-refractivity contribution is 5.77. The zero-order valence-corrected chi connectivity index (χ0v) is 10.9. The fourth-order valence-electron chi connectivity index (χ4n) is 2.10. The van der Waals surface area contributed by atoms with Gasteiger partial charge in [0.2, 0.25) is 0 Å². The van der Waals surface area contributed by atoms with Gasteiger partial charge in [-0.15, -0.1) is 0 Å². The molecular weight excluding hydrogens is 190 g/mol. The second-order valence-corrected chi connectivity index (χ2v) is 3.89. The van der Waals surface area contributed by atoms with E-state index in [2.05, 4.69) is 27.7 Å². The molecule has 3 heteroatoms. The van der Waals surface area contributed by atoms with Gasteiger partial charge in [-0.1, -0.05) is 34.1 Å². The Kier molecular flexibility index (Phi) is 8.63. The molecule has 0 heterocycles. The van der Waals surface area contributed by atoms with E-state index in [-0.39, 0.29) is 17.5 Å². The molecule has 0 rings (SSSR count). The van der Waals surface area contributed by atoms with Crippen LogP contribution in [0.3, 0.4) is 0 Å². The lowest BCUT2D eigenvalue weighted by Crippen LogP contribution is -2.37. The summed E-state index contributed by atoms with van der Waals surface area (Å²) in [6.45, 7) is 10.8. The fraction of sp³-hybridized carbons (Fsp3) is 0.917. The number of carbonyl (C=O) groups excluding carboxylic acids is 1. The van der Waals surface area contributed by atoms with Gasteiger partial charge in [-0.3, -0.25) is 4.79 Å². The standard InChI is InChI=1S/C12H24O2.H3N/c1-6-10(5)12(7-2,8-3)11(13)14-9-4;/h10H,6-9H2,1-5H3;1H3. The normalized spacial score (nSPS) is 12.9. The lowest BCUT2D eigenvalue weighted by Gasteiger charge is -2.34. The minimum Gasteiger partial charge on any atom is -0.466 e. The second kappa shape index (κ2) is 7.69. The summed E-state index contributed by atoms with van der Waals surface area (Å²) in [4.78, 5) is 11.9. The number of ether oxygens (including phenoxy) is 1. The van der Waals surface area contributed by atoms with Crippen LogP contribution in [0.15, 0.2) is 0 Å². The number of rotatable bonds is 6. The lowest BCUT2D eigenvalue weighted by atomic mass is 9.71. The van der Waals surface area contributed by atoms with Crippen molar-refractivity contribution in [2.75, 3.05) is 6.61 Å². The third kappa shape index (κ3) is 3.49. The van der Waals surface area contributed by atoms with E-state index in [0.717, 1.165) is 19.3 Å². The van der Waals surface area contributed by atoms with Crippen LogP contribution in [-0.4, -0.2) is 12.6 Å². The molecular formula is C12H27NO2. The largest absolute Gasteiger partial charge is 0.466 e. The van der Waals surface area contributed by atoms with Gasteiger partial charge < -0.3 is 10.9 Å². The summed E-state index contributed by atoms with van der Waals surface area (Å²) in [5, 5.41) is 0. The van der Waals surface area contributed by atoms with Gasteiger partial charge in [-0.25, -0.2) is 0 Å². The second-order valence-electron chi connectivity index (χ2n) is 3.89. The highest BCUT2D eigenvalue weighted by atomic mass is 16.5. The van der Waals surface area contributed by atoms with E-state index >= 15 is 0 Å². The maximum atomic E-state index is 11.9. The molecule has 0 aromatic rings. The van der Waals surface area contributed by atoms with Crippen molar-refractivity contribution in [1.29, 1.82) is 0 Å². The van der Waals surface area contributed by atoms with Crippen molar-refractivity contribution in [2.24, 2.45) is 11.3 Å². The lowest BCUT2D eigenvalue weighted by molar-refractivity contribution is -0.159. The summed E-state index contributed by atoms with van der Waals surface area (Å²) < 4.78 is 5.17. The van der Waals surface area contributed by atoms with E-state index in [0.29, 0.717) is 12.5 Å². The average molecular weight is 217 g/mol. The Balaban J connectivity index is 0. The topological polar surface area (TPSA) is 61.3 Å². The number of carbonyl (C=O) groups is 1. The van der Waals surface area contributed by atoms with Crippen molar-refractivity contribution >= 4 is 5.97 Å². The molecule has 0 aliphatic carbocycles. The molecule has 0 aromatic heterocycles. The molecule has 1 atom stereocenters. The highest BCUT2D eigenvalue weighted by Crippen LogP contribution is 2.38. The van der Waals surface area contributed by atoms with Crippen molar-refractivity contribution in [3.63, 3.8) is 0 Å². The molecule has 15 heavy (non-hydrogen) atoms. The Hall–Kier alpha value is -0.570. The first-order valence-electron chi connectivity index (χ1n) is 5.76. The first-order chi connectivity index (χ1) is 6.58. The van der Waals surface area contributed by atoms with E-state index in [4.69, 9.17) is 4.74 Å². The minimum absolute atomic E-state index is 0. The van der Waals surface area contributed by atoms with Gasteiger partial charge in [0.15, 0.2) is 0 Å². The summed E-state index contributed by atoms with van der Waals surface area (Å²) in [5.74, 6) is 0.385. The third-order valence-electron chi connectivity index (χ3n) is 3.50. The van der Waals surface area contributed by atoms with Crippen molar-refractivity contribution in [3.05, 3.63) is 0 Å². The van der Waals surface area contributed by atoms with Crippen LogP contribution in [0.1, 0.15) is 53.9 Å². The average Bonchev–Trinajstić information content (AvgIpc) is 2.20. The molecule has 0 aromatic carbocycles. The molecule has 0 amide bonds. The smallest absolute Gasteiger partial charge is 0.312 e. The first kappa shape index (κ1) is 16.8. The van der Waals surface area contributed by atoms with E-state index < -0.39 is 0 Å². The predicted octanol–water partition coefficient (Wildman–Crippen LogP) is 3.56. The maximum Gasteiger partial charge on any atom is 0.312 e. The zero-order chi connectivity index (χ0) is 11.2. The Labute approximate surface area is 94.2 Å². The quantitative estimate of drug-likeness (QED) is 0.692. The first-order valence-corrected chi connectivity index (χ1v) is 5.76. The number of hydrogen-bond acceptors (Lipinski definition) is 3. The molecule has 0 saturated heterocycles. The van der Waals surface area contributed by atoms with Crippen molar-refractivity contribution in [1.82, 2.24) is 6.15 Å². The van der Waals surface area contributed by atoms with Crippen molar-refractivity contribution < 1.29 is 9.53 Å². The monoisotopic (exact) mass is 217 g/mol. The van der Waals surface area contributed by atoms with E-state index in [1.165, 1.54) is 0 Å². The molecule has 0 aliphatic heterocycles.